The summed E-state index contributed by atoms with van der Waals surface area (Å²) in [5.41, 5.74) is 5.14. The predicted octanol–water partition coefficient (Wildman–Crippen LogP) is 5.86. The molecule has 3 aromatic carbocycles. The fraction of sp³-hybridized carbons (Fsp3) is 0.192. The minimum Gasteiger partial charge on any atom is -0.356 e. The molecule has 1 atom stereocenters. The lowest BCUT2D eigenvalue weighted by Crippen LogP contribution is -2.46. The van der Waals surface area contributed by atoms with Gasteiger partial charge in [-0.3, -0.25) is 0 Å². The molecule has 2 N–H and O–H groups in total. The van der Waals surface area contributed by atoms with E-state index in [9.17, 15) is 9.18 Å². The number of nitrogens with one attached hydrogen (secondary N) is 2. The van der Waals surface area contributed by atoms with Gasteiger partial charge in [-0.1, -0.05) is 54.1 Å². The Morgan fingerprint density at radius 1 is 1.09 bits per heavy atom. The number of amides is 2. The zero-order chi connectivity index (χ0) is 22.1. The van der Waals surface area contributed by atoms with Crippen LogP contribution in [0.5, 0.6) is 0 Å². The summed E-state index contributed by atoms with van der Waals surface area (Å²) in [6.07, 6.45) is 1.48. The number of halogens is 2. The molecule has 1 aliphatic rings. The molecule has 1 aliphatic heterocycles. The fourth-order valence-corrected chi connectivity index (χ4v) is 4.70. The van der Waals surface area contributed by atoms with Gasteiger partial charge in [-0.25, -0.2) is 9.18 Å². The van der Waals surface area contributed by atoms with Crippen LogP contribution in [0.4, 0.5) is 9.18 Å². The van der Waals surface area contributed by atoms with Crippen molar-refractivity contribution in [2.45, 2.75) is 18.9 Å². The molecule has 2 amide bonds. The average molecular weight is 448 g/mol. The van der Waals surface area contributed by atoms with Crippen molar-refractivity contribution in [3.05, 3.63) is 106 Å². The maximum absolute atomic E-state index is 13.6. The minimum absolute atomic E-state index is 0.127. The lowest BCUT2D eigenvalue weighted by Gasteiger charge is -2.36. The van der Waals surface area contributed by atoms with E-state index in [1.165, 1.54) is 17.7 Å². The number of H-pyrrole nitrogens is 1. The first-order chi connectivity index (χ1) is 15.6. The van der Waals surface area contributed by atoms with Gasteiger partial charge in [0.15, 0.2) is 0 Å². The average Bonchev–Trinajstić information content (AvgIpc) is 3.17. The first-order valence-corrected chi connectivity index (χ1v) is 11.1. The number of carbonyl (C=O) groups excluding carboxylic acids is 1. The Hall–Kier alpha value is -3.31. The van der Waals surface area contributed by atoms with Crippen molar-refractivity contribution >= 4 is 28.5 Å². The first-order valence-electron chi connectivity index (χ1n) is 10.7. The molecule has 0 saturated carbocycles. The summed E-state index contributed by atoms with van der Waals surface area (Å²) in [5.74, 6) is -0.299. The van der Waals surface area contributed by atoms with E-state index in [1.54, 1.807) is 12.1 Å². The molecule has 1 aromatic heterocycles. The van der Waals surface area contributed by atoms with Gasteiger partial charge < -0.3 is 15.2 Å². The lowest BCUT2D eigenvalue weighted by atomic mass is 9.92. The van der Waals surface area contributed by atoms with Gasteiger partial charge in [0.1, 0.15) is 5.82 Å². The van der Waals surface area contributed by atoms with E-state index < -0.39 is 0 Å². The summed E-state index contributed by atoms with van der Waals surface area (Å²) < 4.78 is 13.6. The maximum Gasteiger partial charge on any atom is 0.318 e. The quantitative estimate of drug-likeness (QED) is 0.404. The molecule has 162 valence electrons. The highest BCUT2D eigenvalue weighted by molar-refractivity contribution is 6.31. The van der Waals surface area contributed by atoms with Crippen LogP contribution in [0.1, 0.15) is 28.4 Å². The molecule has 0 aliphatic carbocycles. The van der Waals surface area contributed by atoms with Gasteiger partial charge in [0.25, 0.3) is 0 Å². The summed E-state index contributed by atoms with van der Waals surface area (Å²) in [6.45, 7) is 1.11. The van der Waals surface area contributed by atoms with E-state index >= 15 is 0 Å². The number of urea groups is 1. The van der Waals surface area contributed by atoms with Crippen LogP contribution < -0.4 is 5.32 Å². The van der Waals surface area contributed by atoms with Gasteiger partial charge in [-0.2, -0.15) is 0 Å². The Morgan fingerprint density at radius 2 is 1.88 bits per heavy atom. The Bertz CT molecular complexity index is 1250. The van der Waals surface area contributed by atoms with Crippen LogP contribution in [-0.4, -0.2) is 29.0 Å². The topological polar surface area (TPSA) is 48.1 Å². The van der Waals surface area contributed by atoms with E-state index in [4.69, 9.17) is 11.6 Å². The van der Waals surface area contributed by atoms with Crippen LogP contribution in [0.25, 0.3) is 10.9 Å². The highest BCUT2D eigenvalue weighted by Gasteiger charge is 2.34. The molecular formula is C26H23ClFN3O. The van der Waals surface area contributed by atoms with Gasteiger partial charge in [0.2, 0.25) is 0 Å². The zero-order valence-electron chi connectivity index (χ0n) is 17.4. The second kappa shape index (κ2) is 8.67. The maximum atomic E-state index is 13.6. The number of hydrogen-bond donors (Lipinski definition) is 2. The second-order valence-electron chi connectivity index (χ2n) is 8.07. The number of nitrogens with zero attached hydrogens (tertiary/aromatic N) is 1. The molecule has 1 unspecified atom stereocenters. The SMILES string of the molecule is O=C(NCCc1ccccc1)N1CCc2c([nH]c3ccc(Cl)cc23)C1c1ccc(F)cc1. The molecular weight excluding hydrogens is 425 g/mol. The van der Waals surface area contributed by atoms with Crippen LogP contribution in [-0.2, 0) is 12.8 Å². The van der Waals surface area contributed by atoms with Crippen LogP contribution >= 0.6 is 11.6 Å². The summed E-state index contributed by atoms with van der Waals surface area (Å²) >= 11 is 6.25. The smallest absolute Gasteiger partial charge is 0.318 e. The minimum atomic E-state index is -0.331. The van der Waals surface area contributed by atoms with Gasteiger partial charge in [0.05, 0.1) is 6.04 Å². The number of aromatic amines is 1. The molecule has 5 rings (SSSR count). The first kappa shape index (κ1) is 20.6. The van der Waals surface area contributed by atoms with Gasteiger partial charge in [-0.15, -0.1) is 0 Å². The Morgan fingerprint density at radius 3 is 2.66 bits per heavy atom. The summed E-state index contributed by atoms with van der Waals surface area (Å²) in [6, 6.07) is 21.8. The van der Waals surface area contributed by atoms with Crippen molar-refractivity contribution in [3.63, 3.8) is 0 Å². The van der Waals surface area contributed by atoms with E-state index in [0.29, 0.717) is 18.1 Å². The monoisotopic (exact) mass is 447 g/mol. The molecule has 0 radical (unpaired) electrons. The van der Waals surface area contributed by atoms with Crippen LogP contribution in [0.3, 0.4) is 0 Å². The Balaban J connectivity index is 1.46. The van der Waals surface area contributed by atoms with Crippen molar-refractivity contribution in [3.8, 4) is 0 Å². The fourth-order valence-electron chi connectivity index (χ4n) is 4.53. The summed E-state index contributed by atoms with van der Waals surface area (Å²) in [5, 5.41) is 4.82. The van der Waals surface area contributed by atoms with Crippen molar-refractivity contribution in [1.82, 2.24) is 15.2 Å². The summed E-state index contributed by atoms with van der Waals surface area (Å²) in [7, 11) is 0. The number of fused-ring (bicyclic) bond motifs is 3. The highest BCUT2D eigenvalue weighted by atomic mass is 35.5. The summed E-state index contributed by atoms with van der Waals surface area (Å²) in [4.78, 5) is 18.6. The molecule has 0 saturated heterocycles. The van der Waals surface area contributed by atoms with Crippen LogP contribution in [0.15, 0.2) is 72.8 Å². The third-order valence-corrected chi connectivity index (χ3v) is 6.30. The van der Waals surface area contributed by atoms with Gasteiger partial charge in [-0.05, 0) is 59.9 Å². The van der Waals surface area contributed by atoms with E-state index in [0.717, 1.165) is 40.6 Å². The van der Waals surface area contributed by atoms with Crippen molar-refractivity contribution < 1.29 is 9.18 Å². The van der Waals surface area contributed by atoms with Crippen LogP contribution in [0.2, 0.25) is 5.02 Å². The normalized spacial score (nSPS) is 15.6. The number of carbonyl (C=O) groups is 1. The third-order valence-electron chi connectivity index (χ3n) is 6.07. The van der Waals surface area contributed by atoms with Crippen molar-refractivity contribution in [1.29, 1.82) is 0 Å². The standard InChI is InChI=1S/C26H23ClFN3O/c27-19-8-11-23-22(16-19)21-13-15-31(26(32)29-14-12-17-4-2-1-3-5-17)25(24(21)30-23)18-6-9-20(28)10-7-18/h1-11,16,25,30H,12-15H2,(H,29,32). The largest absolute Gasteiger partial charge is 0.356 e. The molecule has 0 spiro atoms. The molecule has 32 heavy (non-hydrogen) atoms. The van der Waals surface area contributed by atoms with Crippen molar-refractivity contribution in [2.24, 2.45) is 0 Å². The van der Waals surface area contributed by atoms with Gasteiger partial charge in [0, 0.05) is 34.7 Å². The van der Waals surface area contributed by atoms with E-state index in [-0.39, 0.29) is 17.9 Å². The van der Waals surface area contributed by atoms with E-state index in [1.807, 2.05) is 41.3 Å². The molecule has 2 heterocycles. The molecule has 0 fully saturated rings. The van der Waals surface area contributed by atoms with Crippen molar-refractivity contribution in [2.75, 3.05) is 13.1 Å². The van der Waals surface area contributed by atoms with Gasteiger partial charge >= 0.3 is 6.03 Å². The lowest BCUT2D eigenvalue weighted by molar-refractivity contribution is 0.179. The highest BCUT2D eigenvalue weighted by Crippen LogP contribution is 2.39. The molecule has 4 aromatic rings. The third kappa shape index (κ3) is 3.96. The number of aromatic nitrogens is 1. The Labute approximate surface area is 191 Å². The molecule has 4 nitrogen and oxygen atoms in total. The number of hydrogen-bond acceptors (Lipinski definition) is 1. The zero-order valence-corrected chi connectivity index (χ0v) is 18.2. The molecule has 0 bridgehead atoms. The Kier molecular flexibility index (Phi) is 5.58. The number of benzene rings is 3. The second-order valence-corrected chi connectivity index (χ2v) is 8.51. The molecule has 6 heteroatoms. The number of rotatable bonds is 4. The van der Waals surface area contributed by atoms with Crippen LogP contribution in [0, 0.1) is 5.82 Å². The van der Waals surface area contributed by atoms with E-state index in [2.05, 4.69) is 22.4 Å². The predicted molar refractivity (Wildman–Crippen MR) is 126 cm³/mol.